The predicted octanol–water partition coefficient (Wildman–Crippen LogP) is 2.98. The Morgan fingerprint density at radius 3 is 2.83 bits per heavy atom. The summed E-state index contributed by atoms with van der Waals surface area (Å²) in [5.41, 5.74) is 0. The minimum absolute atomic E-state index is 0.522. The van der Waals surface area contributed by atoms with E-state index in [0.717, 1.165) is 12.5 Å². The Labute approximate surface area is 117 Å². The molecular weight excluding hydrogens is 240 g/mol. The standard InChI is InChI=1S/C15H30N2S/c1-12(2)8-14-10-17(13(3)9-16-14)11-15(4)6-5-7-18-15/h12-14,16H,5-11H2,1-4H3. The molecule has 18 heavy (non-hydrogen) atoms. The molecule has 0 aromatic heterocycles. The van der Waals surface area contributed by atoms with Crippen molar-refractivity contribution in [3.8, 4) is 0 Å². The number of piperazine rings is 1. The van der Waals surface area contributed by atoms with Crippen LogP contribution in [-0.2, 0) is 0 Å². The third kappa shape index (κ3) is 3.88. The van der Waals surface area contributed by atoms with Gasteiger partial charge in [0.05, 0.1) is 0 Å². The van der Waals surface area contributed by atoms with Gasteiger partial charge in [0.15, 0.2) is 0 Å². The van der Waals surface area contributed by atoms with Gasteiger partial charge in [0.25, 0.3) is 0 Å². The zero-order chi connectivity index (χ0) is 13.2. The van der Waals surface area contributed by atoms with Gasteiger partial charge in [-0.15, -0.1) is 0 Å². The van der Waals surface area contributed by atoms with Crippen LogP contribution >= 0.6 is 11.8 Å². The Morgan fingerprint density at radius 2 is 2.22 bits per heavy atom. The SMILES string of the molecule is CC(C)CC1CN(CC2(C)CCCS2)C(C)CN1. The van der Waals surface area contributed by atoms with E-state index in [1.54, 1.807) is 0 Å². The lowest BCUT2D eigenvalue weighted by Crippen LogP contribution is -2.58. The van der Waals surface area contributed by atoms with Gasteiger partial charge in [0.2, 0.25) is 0 Å². The number of rotatable bonds is 4. The molecule has 2 heterocycles. The molecule has 2 nitrogen and oxygen atoms in total. The van der Waals surface area contributed by atoms with Gasteiger partial charge in [-0.25, -0.2) is 0 Å². The van der Waals surface area contributed by atoms with Crippen LogP contribution in [0.15, 0.2) is 0 Å². The molecule has 0 aromatic rings. The molecule has 0 aromatic carbocycles. The van der Waals surface area contributed by atoms with Crippen molar-refractivity contribution >= 4 is 11.8 Å². The van der Waals surface area contributed by atoms with E-state index in [1.807, 2.05) is 0 Å². The highest BCUT2D eigenvalue weighted by atomic mass is 32.2. The highest BCUT2D eigenvalue weighted by Crippen LogP contribution is 2.38. The third-order valence-corrected chi connectivity index (χ3v) is 5.90. The fourth-order valence-corrected chi connectivity index (χ4v) is 4.66. The fourth-order valence-electron chi connectivity index (χ4n) is 3.33. The summed E-state index contributed by atoms with van der Waals surface area (Å²) in [6.45, 7) is 13.2. The Balaban J connectivity index is 1.89. The highest BCUT2D eigenvalue weighted by molar-refractivity contribution is 8.00. The highest BCUT2D eigenvalue weighted by Gasteiger charge is 2.35. The smallest absolute Gasteiger partial charge is 0.0259 e. The molecule has 0 bridgehead atoms. The van der Waals surface area contributed by atoms with Crippen molar-refractivity contribution in [3.05, 3.63) is 0 Å². The van der Waals surface area contributed by atoms with E-state index >= 15 is 0 Å². The van der Waals surface area contributed by atoms with Crippen LogP contribution in [0.2, 0.25) is 0 Å². The van der Waals surface area contributed by atoms with E-state index < -0.39 is 0 Å². The monoisotopic (exact) mass is 270 g/mol. The van der Waals surface area contributed by atoms with Crippen molar-refractivity contribution in [2.45, 2.75) is 63.8 Å². The first-order valence-electron chi connectivity index (χ1n) is 7.60. The average molecular weight is 270 g/mol. The van der Waals surface area contributed by atoms with E-state index in [1.165, 1.54) is 38.1 Å². The summed E-state index contributed by atoms with van der Waals surface area (Å²) in [6.07, 6.45) is 4.13. The fraction of sp³-hybridized carbons (Fsp3) is 1.00. The molecule has 3 heteroatoms. The average Bonchev–Trinajstić information content (AvgIpc) is 2.69. The normalized spacial score (nSPS) is 38.5. The van der Waals surface area contributed by atoms with Crippen LogP contribution < -0.4 is 5.32 Å². The molecular formula is C15H30N2S. The lowest BCUT2D eigenvalue weighted by atomic mass is 9.98. The zero-order valence-corrected chi connectivity index (χ0v) is 13.4. The van der Waals surface area contributed by atoms with Crippen molar-refractivity contribution in [2.75, 3.05) is 25.4 Å². The zero-order valence-electron chi connectivity index (χ0n) is 12.5. The molecule has 2 rings (SSSR count). The van der Waals surface area contributed by atoms with Crippen molar-refractivity contribution in [1.29, 1.82) is 0 Å². The molecule has 0 radical (unpaired) electrons. The Kier molecular flexibility index (Phi) is 5.01. The molecule has 1 N–H and O–H groups in total. The summed E-state index contributed by atoms with van der Waals surface area (Å²) in [5, 5.41) is 3.72. The predicted molar refractivity (Wildman–Crippen MR) is 82.4 cm³/mol. The Morgan fingerprint density at radius 1 is 1.44 bits per heavy atom. The van der Waals surface area contributed by atoms with Crippen LogP contribution in [0.3, 0.4) is 0 Å². The second-order valence-corrected chi connectivity index (χ2v) is 8.60. The lowest BCUT2D eigenvalue weighted by Gasteiger charge is -2.42. The van der Waals surface area contributed by atoms with Gasteiger partial charge in [0.1, 0.15) is 0 Å². The largest absolute Gasteiger partial charge is 0.311 e. The van der Waals surface area contributed by atoms with Gasteiger partial charge in [-0.2, -0.15) is 11.8 Å². The van der Waals surface area contributed by atoms with Gasteiger partial charge in [-0.05, 0) is 44.8 Å². The second kappa shape index (κ2) is 6.15. The van der Waals surface area contributed by atoms with Crippen LogP contribution in [0.1, 0.15) is 47.0 Å². The maximum absolute atomic E-state index is 3.72. The number of nitrogens with one attached hydrogen (secondary N) is 1. The molecule has 2 aliphatic rings. The van der Waals surface area contributed by atoms with Crippen LogP contribution in [-0.4, -0.2) is 47.1 Å². The third-order valence-electron chi connectivity index (χ3n) is 4.37. The molecule has 0 aliphatic carbocycles. The molecule has 0 saturated carbocycles. The first kappa shape index (κ1) is 14.7. The van der Waals surface area contributed by atoms with Gasteiger partial charge < -0.3 is 5.32 Å². The second-order valence-electron chi connectivity index (χ2n) is 6.92. The van der Waals surface area contributed by atoms with Crippen LogP contribution in [0.5, 0.6) is 0 Å². The van der Waals surface area contributed by atoms with E-state index in [-0.39, 0.29) is 0 Å². The maximum Gasteiger partial charge on any atom is 0.0259 e. The molecule has 106 valence electrons. The van der Waals surface area contributed by atoms with E-state index in [2.05, 4.69) is 49.7 Å². The summed E-state index contributed by atoms with van der Waals surface area (Å²) in [4.78, 5) is 2.74. The molecule has 0 spiro atoms. The van der Waals surface area contributed by atoms with Crippen molar-refractivity contribution < 1.29 is 0 Å². The van der Waals surface area contributed by atoms with Crippen LogP contribution in [0.4, 0.5) is 0 Å². The molecule has 3 unspecified atom stereocenters. The van der Waals surface area contributed by atoms with Gasteiger partial charge >= 0.3 is 0 Å². The van der Waals surface area contributed by atoms with E-state index in [4.69, 9.17) is 0 Å². The summed E-state index contributed by atoms with van der Waals surface area (Å²) in [6, 6.07) is 1.41. The lowest BCUT2D eigenvalue weighted by molar-refractivity contribution is 0.121. The summed E-state index contributed by atoms with van der Waals surface area (Å²) in [7, 11) is 0. The van der Waals surface area contributed by atoms with Crippen LogP contribution in [0.25, 0.3) is 0 Å². The summed E-state index contributed by atoms with van der Waals surface area (Å²) >= 11 is 2.19. The number of hydrogen-bond acceptors (Lipinski definition) is 3. The summed E-state index contributed by atoms with van der Waals surface area (Å²) < 4.78 is 0.522. The molecule has 2 fully saturated rings. The molecule has 0 amide bonds. The van der Waals surface area contributed by atoms with E-state index in [9.17, 15) is 0 Å². The van der Waals surface area contributed by atoms with Crippen molar-refractivity contribution in [2.24, 2.45) is 5.92 Å². The molecule has 2 saturated heterocycles. The Bertz CT molecular complexity index is 261. The first-order chi connectivity index (χ1) is 8.48. The van der Waals surface area contributed by atoms with Crippen molar-refractivity contribution in [1.82, 2.24) is 10.2 Å². The first-order valence-corrected chi connectivity index (χ1v) is 8.58. The minimum Gasteiger partial charge on any atom is -0.311 e. The number of thioether (sulfide) groups is 1. The van der Waals surface area contributed by atoms with Crippen LogP contribution in [0, 0.1) is 5.92 Å². The summed E-state index contributed by atoms with van der Waals surface area (Å²) in [5.74, 6) is 2.17. The van der Waals surface area contributed by atoms with E-state index in [0.29, 0.717) is 16.8 Å². The number of hydrogen-bond donors (Lipinski definition) is 1. The topological polar surface area (TPSA) is 15.3 Å². The van der Waals surface area contributed by atoms with Crippen molar-refractivity contribution in [3.63, 3.8) is 0 Å². The van der Waals surface area contributed by atoms with Gasteiger partial charge in [-0.1, -0.05) is 13.8 Å². The maximum atomic E-state index is 3.72. The molecule has 3 atom stereocenters. The minimum atomic E-state index is 0.522. The van der Waals surface area contributed by atoms with Gasteiger partial charge in [0, 0.05) is 36.5 Å². The Hall–Kier alpha value is 0.270. The quantitative estimate of drug-likeness (QED) is 0.845. The van der Waals surface area contributed by atoms with Gasteiger partial charge in [-0.3, -0.25) is 4.90 Å². The number of nitrogens with zero attached hydrogens (tertiary/aromatic N) is 1. The molecule has 2 aliphatic heterocycles.